The molecule has 0 radical (unpaired) electrons. The lowest BCUT2D eigenvalue weighted by atomic mass is 10.3. The fourth-order valence-electron chi connectivity index (χ4n) is 1.31. The Balaban J connectivity index is 2.17. The van der Waals surface area contributed by atoms with Gasteiger partial charge in [0.1, 0.15) is 0 Å². The first-order valence-electron chi connectivity index (χ1n) is 4.97. The molecule has 0 unspecified atom stereocenters. The van der Waals surface area contributed by atoms with Crippen LogP contribution in [0.3, 0.4) is 0 Å². The van der Waals surface area contributed by atoms with Crippen LogP contribution in [-0.4, -0.2) is 20.1 Å². The molecule has 0 fully saturated rings. The maximum Gasteiger partial charge on any atom is 0.312 e. The third-order valence-electron chi connectivity index (χ3n) is 2.10. The fourth-order valence-corrected chi connectivity index (χ4v) is 1.63. The Hall–Kier alpha value is -2.09. The number of halogens is 1. The van der Waals surface area contributed by atoms with E-state index >= 15 is 0 Å². The molecule has 7 nitrogen and oxygen atoms in total. The van der Waals surface area contributed by atoms with Crippen LogP contribution in [-0.2, 0) is 6.54 Å². The molecule has 1 N–H and O–H groups in total. The third kappa shape index (κ3) is 2.98. The van der Waals surface area contributed by atoms with Gasteiger partial charge in [0, 0.05) is 22.9 Å². The molecular weight excluding hydrogens is 302 g/mol. The third-order valence-corrected chi connectivity index (χ3v) is 2.53. The summed E-state index contributed by atoms with van der Waals surface area (Å²) in [5.41, 5.74) is 0.588. The molecule has 0 aliphatic carbocycles. The van der Waals surface area contributed by atoms with Crippen LogP contribution in [0.4, 0.5) is 11.5 Å². The van der Waals surface area contributed by atoms with Crippen molar-refractivity contribution in [3.8, 4) is 0 Å². The number of nitrogens with one attached hydrogen (secondary N) is 1. The lowest BCUT2D eigenvalue weighted by molar-refractivity contribution is -0.384. The highest BCUT2D eigenvalue weighted by Crippen LogP contribution is 2.25. The smallest absolute Gasteiger partial charge is 0.312 e. The molecular formula is C10H8BrN5O2. The van der Waals surface area contributed by atoms with Crippen molar-refractivity contribution in [1.82, 2.24) is 15.2 Å². The maximum absolute atomic E-state index is 10.9. The summed E-state index contributed by atoms with van der Waals surface area (Å²) in [7, 11) is 0. The second-order valence-electron chi connectivity index (χ2n) is 3.35. The minimum absolute atomic E-state index is 0.0896. The standard InChI is InChI=1S/C10H8BrN5O2/c11-7-4-9(16(17)18)10(12-5-7)13-6-8-2-1-3-14-15-8/h1-5H,6H2,(H,12,13). The van der Waals surface area contributed by atoms with Crippen molar-refractivity contribution in [3.05, 3.63) is 50.9 Å². The van der Waals surface area contributed by atoms with Gasteiger partial charge in [-0.15, -0.1) is 0 Å². The number of rotatable bonds is 4. The zero-order chi connectivity index (χ0) is 13.0. The molecule has 2 aromatic heterocycles. The molecule has 0 saturated heterocycles. The van der Waals surface area contributed by atoms with E-state index in [4.69, 9.17) is 0 Å². The Bertz CT molecular complexity index is 563. The lowest BCUT2D eigenvalue weighted by Crippen LogP contribution is -2.06. The van der Waals surface area contributed by atoms with E-state index in [-0.39, 0.29) is 11.5 Å². The van der Waals surface area contributed by atoms with Crippen molar-refractivity contribution in [2.45, 2.75) is 6.54 Å². The van der Waals surface area contributed by atoms with E-state index in [2.05, 4.69) is 36.4 Å². The Kier molecular flexibility index (Phi) is 3.78. The first-order valence-corrected chi connectivity index (χ1v) is 5.76. The first kappa shape index (κ1) is 12.4. The van der Waals surface area contributed by atoms with Gasteiger partial charge in [-0.05, 0) is 28.1 Å². The van der Waals surface area contributed by atoms with Gasteiger partial charge in [-0.1, -0.05) is 0 Å². The van der Waals surface area contributed by atoms with Gasteiger partial charge in [-0.25, -0.2) is 4.98 Å². The summed E-state index contributed by atoms with van der Waals surface area (Å²) in [5, 5.41) is 21.3. The van der Waals surface area contributed by atoms with E-state index in [1.54, 1.807) is 18.3 Å². The van der Waals surface area contributed by atoms with Gasteiger partial charge in [-0.3, -0.25) is 10.1 Å². The second kappa shape index (κ2) is 5.50. The van der Waals surface area contributed by atoms with Gasteiger partial charge in [0.2, 0.25) is 5.82 Å². The highest BCUT2D eigenvalue weighted by Gasteiger charge is 2.15. The highest BCUT2D eigenvalue weighted by atomic mass is 79.9. The van der Waals surface area contributed by atoms with Crippen LogP contribution >= 0.6 is 15.9 Å². The number of pyridine rings is 1. The van der Waals surface area contributed by atoms with Crippen LogP contribution in [0.15, 0.2) is 35.1 Å². The summed E-state index contributed by atoms with van der Waals surface area (Å²) in [6.45, 7) is 0.323. The van der Waals surface area contributed by atoms with Crippen molar-refractivity contribution >= 4 is 27.4 Å². The zero-order valence-corrected chi connectivity index (χ0v) is 10.7. The number of nitro groups is 1. The largest absolute Gasteiger partial charge is 0.359 e. The number of anilines is 1. The summed E-state index contributed by atoms with van der Waals surface area (Å²) in [6, 6.07) is 4.91. The predicted molar refractivity (Wildman–Crippen MR) is 68.0 cm³/mol. The van der Waals surface area contributed by atoms with E-state index in [1.165, 1.54) is 12.3 Å². The molecule has 2 aromatic rings. The monoisotopic (exact) mass is 309 g/mol. The molecule has 0 aliphatic heterocycles. The zero-order valence-electron chi connectivity index (χ0n) is 9.08. The summed E-state index contributed by atoms with van der Waals surface area (Å²) >= 11 is 3.14. The van der Waals surface area contributed by atoms with Gasteiger partial charge in [0.05, 0.1) is 17.2 Å². The van der Waals surface area contributed by atoms with Gasteiger partial charge >= 0.3 is 5.69 Å². The van der Waals surface area contributed by atoms with Crippen LogP contribution in [0, 0.1) is 10.1 Å². The van der Waals surface area contributed by atoms with Crippen LogP contribution in [0.2, 0.25) is 0 Å². The van der Waals surface area contributed by atoms with E-state index in [9.17, 15) is 10.1 Å². The normalized spacial score (nSPS) is 10.1. The average molecular weight is 310 g/mol. The molecule has 18 heavy (non-hydrogen) atoms. The van der Waals surface area contributed by atoms with E-state index < -0.39 is 4.92 Å². The number of aromatic nitrogens is 3. The quantitative estimate of drug-likeness (QED) is 0.687. The lowest BCUT2D eigenvalue weighted by Gasteiger charge is -2.05. The average Bonchev–Trinajstić information content (AvgIpc) is 2.38. The summed E-state index contributed by atoms with van der Waals surface area (Å²) < 4.78 is 0.555. The summed E-state index contributed by atoms with van der Waals surface area (Å²) in [4.78, 5) is 14.3. The molecule has 0 spiro atoms. The summed E-state index contributed by atoms with van der Waals surface area (Å²) in [6.07, 6.45) is 3.05. The van der Waals surface area contributed by atoms with Crippen LogP contribution in [0.1, 0.15) is 5.69 Å². The minimum atomic E-state index is -0.489. The Morgan fingerprint density at radius 3 is 3.00 bits per heavy atom. The van der Waals surface area contributed by atoms with E-state index in [0.29, 0.717) is 16.7 Å². The SMILES string of the molecule is O=[N+]([O-])c1cc(Br)cnc1NCc1cccnn1. The van der Waals surface area contributed by atoms with Crippen LogP contribution < -0.4 is 5.32 Å². The Morgan fingerprint density at radius 2 is 2.33 bits per heavy atom. The predicted octanol–water partition coefficient (Wildman–Crippen LogP) is 2.15. The van der Waals surface area contributed by atoms with Gasteiger partial charge in [0.15, 0.2) is 0 Å². The number of hydrogen-bond donors (Lipinski definition) is 1. The molecule has 0 aromatic carbocycles. The van der Waals surface area contributed by atoms with Crippen molar-refractivity contribution < 1.29 is 4.92 Å². The van der Waals surface area contributed by atoms with Crippen LogP contribution in [0.25, 0.3) is 0 Å². The van der Waals surface area contributed by atoms with Gasteiger partial charge in [-0.2, -0.15) is 10.2 Å². The van der Waals surface area contributed by atoms with Crippen molar-refractivity contribution in [2.24, 2.45) is 0 Å². The Labute approximate surface area is 111 Å². The van der Waals surface area contributed by atoms with Crippen molar-refractivity contribution in [2.75, 3.05) is 5.32 Å². The summed E-state index contributed by atoms with van der Waals surface area (Å²) in [5.74, 6) is 0.203. The van der Waals surface area contributed by atoms with Gasteiger partial charge in [0.25, 0.3) is 0 Å². The number of hydrogen-bond acceptors (Lipinski definition) is 6. The van der Waals surface area contributed by atoms with Crippen molar-refractivity contribution in [1.29, 1.82) is 0 Å². The van der Waals surface area contributed by atoms with Crippen molar-refractivity contribution in [3.63, 3.8) is 0 Å². The minimum Gasteiger partial charge on any atom is -0.359 e. The molecule has 2 rings (SSSR count). The molecule has 8 heteroatoms. The second-order valence-corrected chi connectivity index (χ2v) is 4.26. The molecule has 0 bridgehead atoms. The van der Waals surface area contributed by atoms with Gasteiger partial charge < -0.3 is 5.32 Å². The molecule has 2 heterocycles. The van der Waals surface area contributed by atoms with E-state index in [0.717, 1.165) is 0 Å². The fraction of sp³-hybridized carbons (Fsp3) is 0.100. The molecule has 0 saturated carbocycles. The van der Waals surface area contributed by atoms with E-state index in [1.807, 2.05) is 0 Å². The van der Waals surface area contributed by atoms with Crippen LogP contribution in [0.5, 0.6) is 0 Å². The molecule has 0 atom stereocenters. The molecule has 92 valence electrons. The molecule has 0 aliphatic rings. The topological polar surface area (TPSA) is 93.8 Å². The first-order chi connectivity index (χ1) is 8.66. The Morgan fingerprint density at radius 1 is 1.50 bits per heavy atom. The molecule has 0 amide bonds. The number of nitrogens with zero attached hydrogens (tertiary/aromatic N) is 4. The highest BCUT2D eigenvalue weighted by molar-refractivity contribution is 9.10. The maximum atomic E-state index is 10.9.